The highest BCUT2D eigenvalue weighted by Crippen LogP contribution is 2.15. The number of nitrogens with one attached hydrogen (secondary N) is 2. The van der Waals surface area contributed by atoms with Crippen LogP contribution in [-0.2, 0) is 21.2 Å². The number of hydrogen-bond acceptors (Lipinski definition) is 4. The average molecular weight is 418 g/mol. The molecule has 0 atom stereocenters. The molecule has 2 rings (SSSR count). The maximum atomic E-state index is 12.4. The second-order valence-corrected chi connectivity index (χ2v) is 8.34. The summed E-state index contributed by atoms with van der Waals surface area (Å²) in [5.74, 6) is -0.339. The third-order valence-electron chi connectivity index (χ3n) is 4.70. The number of carbonyl (C=O) groups is 2. The van der Waals surface area contributed by atoms with Crippen molar-refractivity contribution in [3.05, 3.63) is 59.7 Å². The number of sulfonamides is 1. The zero-order chi connectivity index (χ0) is 21.4. The molecule has 2 amide bonds. The minimum Gasteiger partial charge on any atom is -0.352 e. The van der Waals surface area contributed by atoms with Crippen LogP contribution in [0.3, 0.4) is 0 Å². The highest BCUT2D eigenvalue weighted by Gasteiger charge is 2.15. The molecule has 0 aliphatic heterocycles. The minimum atomic E-state index is -3.71. The molecular formula is C21H27N3O4S. The van der Waals surface area contributed by atoms with Crippen LogP contribution in [0.4, 0.5) is 5.69 Å². The third-order valence-corrected chi connectivity index (χ3v) is 5.63. The highest BCUT2D eigenvalue weighted by molar-refractivity contribution is 7.89. The number of nitrogens with two attached hydrogens (primary N) is 1. The topological polar surface area (TPSA) is 118 Å². The monoisotopic (exact) mass is 417 g/mol. The fourth-order valence-corrected chi connectivity index (χ4v) is 3.43. The minimum absolute atomic E-state index is 0.0458. The van der Waals surface area contributed by atoms with Crippen LogP contribution in [0.25, 0.3) is 0 Å². The largest absolute Gasteiger partial charge is 0.352 e. The zero-order valence-electron chi connectivity index (χ0n) is 16.6. The quantitative estimate of drug-likeness (QED) is 0.581. The summed E-state index contributed by atoms with van der Waals surface area (Å²) in [6, 6.07) is 13.0. The molecule has 0 aliphatic carbocycles. The van der Waals surface area contributed by atoms with Crippen molar-refractivity contribution in [2.45, 2.75) is 38.0 Å². The van der Waals surface area contributed by atoms with E-state index in [2.05, 4.69) is 10.6 Å². The Balaban J connectivity index is 1.91. The van der Waals surface area contributed by atoms with Crippen molar-refractivity contribution in [3.63, 3.8) is 0 Å². The smallest absolute Gasteiger partial charge is 0.251 e. The first-order valence-electron chi connectivity index (χ1n) is 9.55. The molecule has 0 heterocycles. The van der Waals surface area contributed by atoms with Gasteiger partial charge < -0.3 is 10.6 Å². The van der Waals surface area contributed by atoms with Gasteiger partial charge in [0.15, 0.2) is 0 Å². The molecule has 2 aromatic rings. The van der Waals surface area contributed by atoms with Crippen molar-refractivity contribution in [1.29, 1.82) is 0 Å². The van der Waals surface area contributed by atoms with E-state index in [1.807, 2.05) is 13.8 Å². The van der Waals surface area contributed by atoms with Gasteiger partial charge in [0, 0.05) is 23.7 Å². The lowest BCUT2D eigenvalue weighted by Crippen LogP contribution is -2.26. The van der Waals surface area contributed by atoms with Crippen LogP contribution >= 0.6 is 0 Å². The van der Waals surface area contributed by atoms with Gasteiger partial charge in [-0.05, 0) is 55.2 Å². The predicted octanol–water partition coefficient (Wildman–Crippen LogP) is 2.68. The molecule has 0 unspecified atom stereocenters. The molecule has 0 saturated carbocycles. The van der Waals surface area contributed by atoms with E-state index in [1.54, 1.807) is 36.4 Å². The number of amides is 2. The molecule has 0 bridgehead atoms. The van der Waals surface area contributed by atoms with Gasteiger partial charge in [-0.2, -0.15) is 0 Å². The molecule has 0 radical (unpaired) electrons. The maximum Gasteiger partial charge on any atom is 0.251 e. The first kappa shape index (κ1) is 22.6. The second-order valence-electron chi connectivity index (χ2n) is 6.78. The summed E-state index contributed by atoms with van der Waals surface area (Å²) in [7, 11) is -3.71. The molecule has 0 spiro atoms. The fourth-order valence-electron chi connectivity index (χ4n) is 2.91. The first-order valence-corrected chi connectivity index (χ1v) is 11.1. The number of hydrogen-bond donors (Lipinski definition) is 3. The molecule has 4 N–H and O–H groups in total. The van der Waals surface area contributed by atoms with Gasteiger partial charge in [-0.15, -0.1) is 0 Å². The molecule has 156 valence electrons. The Morgan fingerprint density at radius 1 is 1.03 bits per heavy atom. The highest BCUT2D eigenvalue weighted by atomic mass is 32.2. The molecule has 0 fully saturated rings. The number of primary sulfonamides is 1. The number of rotatable bonds is 9. The maximum absolute atomic E-state index is 12.4. The summed E-state index contributed by atoms with van der Waals surface area (Å²) in [5.41, 5.74) is 1.92. The SMILES string of the molecule is CCC(CC)C(=O)Nc1cccc(C(=O)NCCc2ccc(S(N)(=O)=O)cc2)c1. The lowest BCUT2D eigenvalue weighted by Gasteiger charge is -2.13. The van der Waals surface area contributed by atoms with Crippen LogP contribution < -0.4 is 15.8 Å². The van der Waals surface area contributed by atoms with Crippen molar-refractivity contribution in [3.8, 4) is 0 Å². The summed E-state index contributed by atoms with van der Waals surface area (Å²) in [4.78, 5) is 24.7. The van der Waals surface area contributed by atoms with Crippen LogP contribution in [0.1, 0.15) is 42.6 Å². The van der Waals surface area contributed by atoms with Crippen LogP contribution in [0.2, 0.25) is 0 Å². The first-order chi connectivity index (χ1) is 13.7. The van der Waals surface area contributed by atoms with Gasteiger partial charge in [-0.3, -0.25) is 9.59 Å². The summed E-state index contributed by atoms with van der Waals surface area (Å²) in [6.45, 7) is 4.33. The van der Waals surface area contributed by atoms with Crippen molar-refractivity contribution in [2.24, 2.45) is 11.1 Å². The van der Waals surface area contributed by atoms with E-state index in [0.29, 0.717) is 24.2 Å². The van der Waals surface area contributed by atoms with Gasteiger partial charge in [0.25, 0.3) is 5.91 Å². The summed E-state index contributed by atoms with van der Waals surface area (Å²) >= 11 is 0. The van der Waals surface area contributed by atoms with Gasteiger partial charge in [-0.25, -0.2) is 13.6 Å². The Hall–Kier alpha value is -2.71. The number of carbonyl (C=O) groups excluding carboxylic acids is 2. The average Bonchev–Trinajstić information content (AvgIpc) is 2.68. The third kappa shape index (κ3) is 6.69. The van der Waals surface area contributed by atoms with Crippen molar-refractivity contribution in [2.75, 3.05) is 11.9 Å². The molecule has 29 heavy (non-hydrogen) atoms. The van der Waals surface area contributed by atoms with Crippen LogP contribution in [-0.4, -0.2) is 26.8 Å². The number of benzene rings is 2. The normalized spacial score (nSPS) is 11.3. The van der Waals surface area contributed by atoms with E-state index in [0.717, 1.165) is 18.4 Å². The molecule has 7 nitrogen and oxygen atoms in total. The Morgan fingerprint density at radius 3 is 2.28 bits per heavy atom. The molecule has 8 heteroatoms. The van der Waals surface area contributed by atoms with Gasteiger partial charge >= 0.3 is 0 Å². The van der Waals surface area contributed by atoms with E-state index in [-0.39, 0.29) is 22.6 Å². The Bertz CT molecular complexity index is 952. The van der Waals surface area contributed by atoms with E-state index < -0.39 is 10.0 Å². The molecule has 0 saturated heterocycles. The number of anilines is 1. The Kier molecular flexibility index (Phi) is 7.92. The Morgan fingerprint density at radius 2 is 1.69 bits per heavy atom. The van der Waals surface area contributed by atoms with Crippen LogP contribution in [0.15, 0.2) is 53.4 Å². The lowest BCUT2D eigenvalue weighted by molar-refractivity contribution is -0.120. The van der Waals surface area contributed by atoms with Gasteiger partial charge in [-0.1, -0.05) is 32.0 Å². The zero-order valence-corrected chi connectivity index (χ0v) is 17.5. The van der Waals surface area contributed by atoms with E-state index in [4.69, 9.17) is 5.14 Å². The molecule has 0 aliphatic rings. The summed E-state index contributed by atoms with van der Waals surface area (Å²) < 4.78 is 22.5. The summed E-state index contributed by atoms with van der Waals surface area (Å²) in [6.07, 6.45) is 2.07. The van der Waals surface area contributed by atoms with E-state index in [1.165, 1.54) is 12.1 Å². The fraction of sp³-hybridized carbons (Fsp3) is 0.333. The van der Waals surface area contributed by atoms with E-state index in [9.17, 15) is 18.0 Å². The molecule has 2 aromatic carbocycles. The van der Waals surface area contributed by atoms with Gasteiger partial charge in [0.05, 0.1) is 4.90 Å². The lowest BCUT2D eigenvalue weighted by atomic mass is 10.0. The van der Waals surface area contributed by atoms with Crippen molar-refractivity contribution < 1.29 is 18.0 Å². The van der Waals surface area contributed by atoms with Crippen LogP contribution in [0.5, 0.6) is 0 Å². The summed E-state index contributed by atoms with van der Waals surface area (Å²) in [5, 5.41) is 10.8. The second kappa shape index (κ2) is 10.2. The van der Waals surface area contributed by atoms with Gasteiger partial charge in [0.1, 0.15) is 0 Å². The standard InChI is InChI=1S/C21H27N3O4S/c1-3-16(4-2)21(26)24-18-7-5-6-17(14-18)20(25)23-13-12-15-8-10-19(11-9-15)29(22,27)28/h5-11,14,16H,3-4,12-13H2,1-2H3,(H,23,25)(H,24,26)(H2,22,27,28). The molecule has 0 aromatic heterocycles. The van der Waals surface area contributed by atoms with E-state index >= 15 is 0 Å². The van der Waals surface area contributed by atoms with Crippen molar-refractivity contribution in [1.82, 2.24) is 5.32 Å². The van der Waals surface area contributed by atoms with Crippen LogP contribution in [0, 0.1) is 5.92 Å². The predicted molar refractivity (Wildman–Crippen MR) is 113 cm³/mol. The van der Waals surface area contributed by atoms with Crippen molar-refractivity contribution >= 4 is 27.5 Å². The molecular weight excluding hydrogens is 390 g/mol. The van der Waals surface area contributed by atoms with Gasteiger partial charge in [0.2, 0.25) is 15.9 Å². The Labute approximate surface area is 171 Å².